The van der Waals surface area contributed by atoms with E-state index in [0.717, 1.165) is 56.6 Å². The lowest BCUT2D eigenvalue weighted by Gasteiger charge is -2.33. The molecule has 2 saturated heterocycles. The lowest BCUT2D eigenvalue weighted by Crippen LogP contribution is -2.45. The number of piperazine rings is 1. The van der Waals surface area contributed by atoms with E-state index in [1.165, 1.54) is 24.1 Å². The van der Waals surface area contributed by atoms with Gasteiger partial charge in [0.05, 0.1) is 17.4 Å². The maximum atomic E-state index is 4.74. The molecule has 0 aliphatic carbocycles. The average molecular weight is 367 g/mol. The number of likely N-dealkylation sites (tertiary alicyclic amines) is 1. The van der Waals surface area contributed by atoms with Crippen LogP contribution in [0.15, 0.2) is 24.4 Å². The van der Waals surface area contributed by atoms with Gasteiger partial charge < -0.3 is 9.80 Å². The zero-order chi connectivity index (χ0) is 18.8. The van der Waals surface area contributed by atoms with Crippen LogP contribution in [0.25, 0.3) is 0 Å². The number of aromatic nitrogens is 3. The van der Waals surface area contributed by atoms with Crippen LogP contribution in [-0.2, 0) is 6.54 Å². The average Bonchev–Trinajstić information content (AvgIpc) is 3.10. The summed E-state index contributed by atoms with van der Waals surface area (Å²) >= 11 is 0. The Bertz CT molecular complexity index is 767. The first-order valence-electron chi connectivity index (χ1n) is 10.0. The Hall–Kier alpha value is -2.05. The van der Waals surface area contributed by atoms with E-state index in [4.69, 9.17) is 9.97 Å². The molecule has 1 unspecified atom stereocenters. The normalized spacial score (nSPS) is 21.7. The van der Waals surface area contributed by atoms with Crippen LogP contribution in [0.2, 0.25) is 0 Å². The highest BCUT2D eigenvalue weighted by molar-refractivity contribution is 5.40. The third kappa shape index (κ3) is 4.28. The van der Waals surface area contributed by atoms with Crippen molar-refractivity contribution in [1.82, 2.24) is 24.8 Å². The summed E-state index contributed by atoms with van der Waals surface area (Å²) in [6, 6.07) is 6.93. The van der Waals surface area contributed by atoms with Crippen LogP contribution in [0.1, 0.15) is 41.7 Å². The van der Waals surface area contributed by atoms with E-state index < -0.39 is 0 Å². The fourth-order valence-electron chi connectivity index (χ4n) is 4.13. The summed E-state index contributed by atoms with van der Waals surface area (Å²) in [5, 5.41) is 0. The highest BCUT2D eigenvalue weighted by Crippen LogP contribution is 2.32. The van der Waals surface area contributed by atoms with Crippen LogP contribution in [0.3, 0.4) is 0 Å². The number of pyridine rings is 1. The number of nitrogens with zero attached hydrogens (tertiary/aromatic N) is 6. The molecule has 6 heteroatoms. The van der Waals surface area contributed by atoms with Gasteiger partial charge in [-0.25, -0.2) is 9.97 Å². The largest absolute Gasteiger partial charge is 0.354 e. The zero-order valence-corrected chi connectivity index (χ0v) is 16.7. The van der Waals surface area contributed by atoms with Gasteiger partial charge >= 0.3 is 0 Å². The van der Waals surface area contributed by atoms with Crippen LogP contribution in [0.4, 0.5) is 5.82 Å². The number of hydrogen-bond acceptors (Lipinski definition) is 6. The smallest absolute Gasteiger partial charge is 0.132 e. The second kappa shape index (κ2) is 7.90. The molecule has 4 heterocycles. The fraction of sp³-hybridized carbons (Fsp3) is 0.571. The van der Waals surface area contributed by atoms with E-state index in [0.29, 0.717) is 6.04 Å². The van der Waals surface area contributed by atoms with Crippen molar-refractivity contribution in [2.24, 2.45) is 0 Å². The predicted octanol–water partition coefficient (Wildman–Crippen LogP) is 2.58. The first kappa shape index (κ1) is 18.3. The van der Waals surface area contributed by atoms with Crippen molar-refractivity contribution in [3.8, 4) is 0 Å². The second-order valence-electron chi connectivity index (χ2n) is 7.94. The van der Waals surface area contributed by atoms with E-state index in [9.17, 15) is 0 Å². The summed E-state index contributed by atoms with van der Waals surface area (Å²) in [7, 11) is 2.18. The summed E-state index contributed by atoms with van der Waals surface area (Å²) in [6.45, 7) is 10.3. The highest BCUT2D eigenvalue weighted by Gasteiger charge is 2.27. The van der Waals surface area contributed by atoms with Crippen molar-refractivity contribution < 1.29 is 0 Å². The molecule has 0 N–H and O–H groups in total. The van der Waals surface area contributed by atoms with Gasteiger partial charge in [-0.05, 0) is 51.9 Å². The van der Waals surface area contributed by atoms with Crippen LogP contribution in [0.5, 0.6) is 0 Å². The van der Waals surface area contributed by atoms with E-state index in [1.54, 1.807) is 0 Å². The Morgan fingerprint density at radius 2 is 1.85 bits per heavy atom. The third-order valence-electron chi connectivity index (χ3n) is 5.71. The van der Waals surface area contributed by atoms with Crippen LogP contribution in [0, 0.1) is 13.8 Å². The molecule has 1 atom stereocenters. The van der Waals surface area contributed by atoms with Gasteiger partial charge in [0.15, 0.2) is 0 Å². The van der Waals surface area contributed by atoms with Gasteiger partial charge in [0.2, 0.25) is 0 Å². The molecule has 2 aliphatic rings. The van der Waals surface area contributed by atoms with E-state index in [-0.39, 0.29) is 0 Å². The van der Waals surface area contributed by atoms with Gasteiger partial charge in [-0.15, -0.1) is 0 Å². The topological polar surface area (TPSA) is 48.4 Å². The Morgan fingerprint density at radius 1 is 1.04 bits per heavy atom. The van der Waals surface area contributed by atoms with Crippen LogP contribution >= 0.6 is 0 Å². The molecule has 0 radical (unpaired) electrons. The lowest BCUT2D eigenvalue weighted by atomic mass is 10.1. The minimum atomic E-state index is 0.396. The van der Waals surface area contributed by atoms with Gasteiger partial charge in [0.1, 0.15) is 11.6 Å². The monoisotopic (exact) mass is 366 g/mol. The molecular formula is C21H30N6. The van der Waals surface area contributed by atoms with Crippen molar-refractivity contribution in [3.05, 3.63) is 47.2 Å². The molecule has 144 valence electrons. The standard InChI is InChI=1S/C21H30N6/c1-16-6-7-19(22-14-16)20-5-4-8-27(20)15-18-13-21(24-17(2)23-18)26-11-9-25(3)10-12-26/h6-7,13-14,20H,4-5,8-12,15H2,1-3H3. The maximum Gasteiger partial charge on any atom is 0.132 e. The minimum Gasteiger partial charge on any atom is -0.354 e. The Morgan fingerprint density at radius 3 is 2.59 bits per heavy atom. The summed E-state index contributed by atoms with van der Waals surface area (Å²) in [5.41, 5.74) is 3.52. The van der Waals surface area contributed by atoms with Crippen molar-refractivity contribution >= 4 is 5.82 Å². The molecule has 0 saturated carbocycles. The third-order valence-corrected chi connectivity index (χ3v) is 5.71. The van der Waals surface area contributed by atoms with Gasteiger partial charge in [0.25, 0.3) is 0 Å². The highest BCUT2D eigenvalue weighted by atomic mass is 15.3. The van der Waals surface area contributed by atoms with Crippen molar-refractivity contribution in [2.45, 2.75) is 39.3 Å². The minimum absolute atomic E-state index is 0.396. The van der Waals surface area contributed by atoms with Crippen LogP contribution in [-0.4, -0.2) is 64.5 Å². The SMILES string of the molecule is Cc1ccc(C2CCCN2Cc2cc(N3CCN(C)CC3)nc(C)n2)nc1. The molecule has 6 nitrogen and oxygen atoms in total. The second-order valence-corrected chi connectivity index (χ2v) is 7.94. The van der Waals surface area contributed by atoms with Crippen LogP contribution < -0.4 is 4.90 Å². The first-order valence-corrected chi connectivity index (χ1v) is 10.0. The van der Waals surface area contributed by atoms with Gasteiger partial charge in [0, 0.05) is 45.0 Å². The molecule has 4 rings (SSSR count). The van der Waals surface area contributed by atoms with Gasteiger partial charge in [-0.2, -0.15) is 0 Å². The molecule has 27 heavy (non-hydrogen) atoms. The van der Waals surface area contributed by atoms with Gasteiger partial charge in [-0.1, -0.05) is 6.07 Å². The molecule has 2 aromatic rings. The number of likely N-dealkylation sites (N-methyl/N-ethyl adjacent to an activating group) is 1. The number of hydrogen-bond donors (Lipinski definition) is 0. The quantitative estimate of drug-likeness (QED) is 0.829. The summed E-state index contributed by atoms with van der Waals surface area (Å²) in [4.78, 5) is 21.4. The predicted molar refractivity (Wildman–Crippen MR) is 108 cm³/mol. The summed E-state index contributed by atoms with van der Waals surface area (Å²) < 4.78 is 0. The van der Waals surface area contributed by atoms with Crippen molar-refractivity contribution in [3.63, 3.8) is 0 Å². The zero-order valence-electron chi connectivity index (χ0n) is 16.7. The Kier molecular flexibility index (Phi) is 5.36. The molecule has 0 amide bonds. The summed E-state index contributed by atoms with van der Waals surface area (Å²) in [6.07, 6.45) is 4.37. The molecular weight excluding hydrogens is 336 g/mol. The lowest BCUT2D eigenvalue weighted by molar-refractivity contribution is 0.241. The fourth-order valence-corrected chi connectivity index (χ4v) is 4.13. The van der Waals surface area contributed by atoms with Crippen molar-refractivity contribution in [2.75, 3.05) is 44.7 Å². The van der Waals surface area contributed by atoms with E-state index in [2.05, 4.69) is 51.9 Å². The molecule has 0 spiro atoms. The molecule has 0 bridgehead atoms. The molecule has 2 aliphatic heterocycles. The van der Waals surface area contributed by atoms with Gasteiger partial charge in [-0.3, -0.25) is 9.88 Å². The molecule has 2 aromatic heterocycles. The van der Waals surface area contributed by atoms with Crippen molar-refractivity contribution in [1.29, 1.82) is 0 Å². The van der Waals surface area contributed by atoms with E-state index in [1.807, 2.05) is 13.1 Å². The number of anilines is 1. The Labute approximate surface area is 162 Å². The Balaban J connectivity index is 1.50. The first-order chi connectivity index (χ1) is 13.1. The number of rotatable bonds is 4. The maximum absolute atomic E-state index is 4.74. The molecule has 0 aromatic carbocycles. The van der Waals surface area contributed by atoms with E-state index >= 15 is 0 Å². The molecule has 2 fully saturated rings. The summed E-state index contributed by atoms with van der Waals surface area (Å²) in [5.74, 6) is 1.94. The number of aryl methyl sites for hydroxylation is 2.